The Hall–Kier alpha value is -3.17. The number of likely N-dealkylation sites (tertiary alicyclic amines) is 1. The number of sulfonamides is 1. The summed E-state index contributed by atoms with van der Waals surface area (Å²) in [5.74, 6) is 0.504. The number of carbonyl (C=O) groups excluding carboxylic acids is 1. The van der Waals surface area contributed by atoms with Gasteiger partial charge in [-0.25, -0.2) is 8.42 Å². The van der Waals surface area contributed by atoms with Crippen LogP contribution >= 0.6 is 0 Å². The van der Waals surface area contributed by atoms with E-state index in [0.29, 0.717) is 35.2 Å². The first-order valence-corrected chi connectivity index (χ1v) is 13.7. The minimum atomic E-state index is -3.46. The molecule has 1 aliphatic heterocycles. The third-order valence-corrected chi connectivity index (χ3v) is 7.58. The summed E-state index contributed by atoms with van der Waals surface area (Å²) in [6.45, 7) is 3.60. The number of hydrogen-bond acceptors (Lipinski definition) is 6. The van der Waals surface area contributed by atoms with Crippen LogP contribution in [0.2, 0.25) is 0 Å². The molecule has 1 aliphatic carbocycles. The number of likely N-dealkylation sites (N-methyl/N-ethyl adjacent to an activating group) is 1. The van der Waals surface area contributed by atoms with Crippen LogP contribution in [0.15, 0.2) is 48.7 Å². The molecule has 2 N–H and O–H groups in total. The second-order valence-corrected chi connectivity index (χ2v) is 11.5. The van der Waals surface area contributed by atoms with E-state index in [1.54, 1.807) is 24.4 Å². The number of benzene rings is 2. The summed E-state index contributed by atoms with van der Waals surface area (Å²) in [6, 6.07) is 13.3. The fourth-order valence-corrected chi connectivity index (χ4v) is 5.18. The van der Waals surface area contributed by atoms with Gasteiger partial charge in [0.1, 0.15) is 12.4 Å². The van der Waals surface area contributed by atoms with Gasteiger partial charge in [-0.3, -0.25) is 19.4 Å². The number of ether oxygens (including phenoxy) is 1. The van der Waals surface area contributed by atoms with Gasteiger partial charge in [-0.15, -0.1) is 0 Å². The van der Waals surface area contributed by atoms with Gasteiger partial charge in [0.25, 0.3) is 5.91 Å². The lowest BCUT2D eigenvalue weighted by atomic mass is 9.97. The summed E-state index contributed by atoms with van der Waals surface area (Å²) in [5.41, 5.74) is 2.83. The highest BCUT2D eigenvalue weighted by Crippen LogP contribution is 2.49. The van der Waals surface area contributed by atoms with Gasteiger partial charge in [-0.1, -0.05) is 12.1 Å². The molecule has 8 nitrogen and oxygen atoms in total. The van der Waals surface area contributed by atoms with Gasteiger partial charge in [0.05, 0.1) is 23.0 Å². The van der Waals surface area contributed by atoms with Gasteiger partial charge >= 0.3 is 0 Å². The second kappa shape index (κ2) is 8.80. The lowest BCUT2D eigenvalue weighted by Gasteiger charge is -2.37. The van der Waals surface area contributed by atoms with E-state index in [1.165, 1.54) is 0 Å². The first-order valence-electron chi connectivity index (χ1n) is 11.8. The molecular formula is C26H30N4O4S. The lowest BCUT2D eigenvalue weighted by Crippen LogP contribution is -2.48. The molecule has 1 atom stereocenters. The molecule has 2 aromatic carbocycles. The monoisotopic (exact) mass is 494 g/mol. The molecule has 0 unspecified atom stereocenters. The molecule has 35 heavy (non-hydrogen) atoms. The van der Waals surface area contributed by atoms with Gasteiger partial charge in [0.15, 0.2) is 0 Å². The Bertz CT molecular complexity index is 1400. The van der Waals surface area contributed by atoms with Crippen molar-refractivity contribution in [3.8, 4) is 5.75 Å². The van der Waals surface area contributed by atoms with E-state index in [9.17, 15) is 13.2 Å². The van der Waals surface area contributed by atoms with Crippen LogP contribution in [-0.2, 0) is 15.6 Å². The molecule has 0 spiro atoms. The molecule has 0 radical (unpaired) electrons. The normalized spacial score (nSPS) is 19.1. The van der Waals surface area contributed by atoms with Crippen molar-refractivity contribution in [3.05, 3.63) is 65.4 Å². The van der Waals surface area contributed by atoms with Crippen LogP contribution in [-0.4, -0.2) is 56.7 Å². The lowest BCUT2D eigenvalue weighted by molar-refractivity contribution is 0.0767. The van der Waals surface area contributed by atoms with Crippen molar-refractivity contribution in [1.82, 2.24) is 15.2 Å². The van der Waals surface area contributed by atoms with Crippen LogP contribution in [0.1, 0.15) is 40.7 Å². The molecule has 9 heteroatoms. The van der Waals surface area contributed by atoms with E-state index in [0.717, 1.165) is 48.6 Å². The van der Waals surface area contributed by atoms with Gasteiger partial charge in [-0.2, -0.15) is 0 Å². The maximum Gasteiger partial charge on any atom is 0.252 e. The van der Waals surface area contributed by atoms with Gasteiger partial charge in [0.2, 0.25) is 10.0 Å². The Morgan fingerprint density at radius 3 is 2.69 bits per heavy atom. The highest BCUT2D eigenvalue weighted by molar-refractivity contribution is 7.92. The summed E-state index contributed by atoms with van der Waals surface area (Å²) in [6.07, 6.45) is 5.42. The topological polar surface area (TPSA) is 101 Å². The molecule has 2 heterocycles. The smallest absolute Gasteiger partial charge is 0.252 e. The molecule has 1 aromatic heterocycles. The van der Waals surface area contributed by atoms with E-state index in [4.69, 9.17) is 4.74 Å². The van der Waals surface area contributed by atoms with Gasteiger partial charge < -0.3 is 10.1 Å². The number of aromatic nitrogens is 1. The molecular weight excluding hydrogens is 464 g/mol. The quantitative estimate of drug-likeness (QED) is 0.498. The minimum Gasteiger partial charge on any atom is -0.492 e. The number of aryl methyl sites for hydroxylation is 1. The number of fused-ring (bicyclic) bond motifs is 1. The molecule has 2 aliphatic rings. The van der Waals surface area contributed by atoms with E-state index >= 15 is 0 Å². The maximum absolute atomic E-state index is 13.5. The number of pyridine rings is 1. The van der Waals surface area contributed by atoms with Crippen molar-refractivity contribution in [2.75, 3.05) is 31.2 Å². The Balaban J connectivity index is 1.42. The molecule has 1 saturated carbocycles. The molecule has 0 bridgehead atoms. The van der Waals surface area contributed by atoms with E-state index in [-0.39, 0.29) is 5.91 Å². The Labute approximate surface area is 205 Å². The average Bonchev–Trinajstić information content (AvgIpc) is 3.57. The van der Waals surface area contributed by atoms with Gasteiger partial charge in [-0.05, 0) is 81.2 Å². The van der Waals surface area contributed by atoms with Crippen molar-refractivity contribution in [1.29, 1.82) is 0 Å². The highest BCUT2D eigenvalue weighted by atomic mass is 32.2. The number of anilines is 1. The minimum absolute atomic E-state index is 0.176. The van der Waals surface area contributed by atoms with Crippen LogP contribution in [0.25, 0.3) is 10.9 Å². The van der Waals surface area contributed by atoms with E-state index in [2.05, 4.69) is 27.0 Å². The number of carbonyl (C=O) groups is 1. The zero-order valence-electron chi connectivity index (χ0n) is 20.2. The Morgan fingerprint density at radius 1 is 1.23 bits per heavy atom. The number of rotatable bonds is 8. The number of hydrogen-bond donors (Lipinski definition) is 2. The summed E-state index contributed by atoms with van der Waals surface area (Å²) in [5, 5.41) is 4.13. The number of amides is 1. The fourth-order valence-electron chi connectivity index (χ4n) is 4.63. The Morgan fingerprint density at radius 2 is 2.03 bits per heavy atom. The predicted molar refractivity (Wildman–Crippen MR) is 136 cm³/mol. The van der Waals surface area contributed by atoms with Gasteiger partial charge in [0, 0.05) is 23.2 Å². The van der Waals surface area contributed by atoms with E-state index in [1.807, 2.05) is 31.2 Å². The van der Waals surface area contributed by atoms with Crippen LogP contribution in [0.5, 0.6) is 5.75 Å². The van der Waals surface area contributed by atoms with Crippen molar-refractivity contribution < 1.29 is 17.9 Å². The van der Waals surface area contributed by atoms with Crippen LogP contribution in [0.4, 0.5) is 5.69 Å². The zero-order valence-corrected chi connectivity index (χ0v) is 21.0. The number of nitrogens with zero attached hydrogens (tertiary/aromatic N) is 2. The SMILES string of the molecule is Cc1ccc(OC[C@@H]2CCN2C)cc1C(=O)NC1(c2cc(NS(C)(=O)=O)cc3ncccc23)CC1. The van der Waals surface area contributed by atoms with Crippen LogP contribution in [0.3, 0.4) is 0 Å². The molecule has 1 amide bonds. The van der Waals surface area contributed by atoms with Crippen LogP contribution in [0, 0.1) is 6.92 Å². The predicted octanol–water partition coefficient (Wildman–Crippen LogP) is 3.42. The number of nitrogens with one attached hydrogen (secondary N) is 2. The first kappa shape index (κ1) is 23.6. The van der Waals surface area contributed by atoms with Crippen LogP contribution < -0.4 is 14.8 Å². The van der Waals surface area contributed by atoms with E-state index < -0.39 is 15.6 Å². The molecule has 184 valence electrons. The van der Waals surface area contributed by atoms with Crippen molar-refractivity contribution in [3.63, 3.8) is 0 Å². The average molecular weight is 495 g/mol. The summed E-state index contributed by atoms with van der Waals surface area (Å²) >= 11 is 0. The van der Waals surface area contributed by atoms with Crippen molar-refractivity contribution in [2.45, 2.75) is 37.8 Å². The molecule has 2 fully saturated rings. The highest BCUT2D eigenvalue weighted by Gasteiger charge is 2.47. The second-order valence-electron chi connectivity index (χ2n) is 9.72. The third-order valence-electron chi connectivity index (χ3n) is 6.98. The fraction of sp³-hybridized carbons (Fsp3) is 0.385. The summed E-state index contributed by atoms with van der Waals surface area (Å²) < 4.78 is 32.3. The maximum atomic E-state index is 13.5. The van der Waals surface area contributed by atoms with Crippen molar-refractivity contribution in [2.24, 2.45) is 0 Å². The standard InChI is InChI=1S/C26H30N4O4S/c1-17-6-7-20(34-16-19-8-12-30(19)2)15-22(17)25(31)28-26(9-10-26)23-13-18(29-35(3,32)33)14-24-21(23)5-4-11-27-24/h4-7,11,13-15,19,29H,8-10,12,16H2,1-3H3,(H,28,31)/t19-/m0/s1. The Kier molecular flexibility index (Phi) is 5.93. The van der Waals surface area contributed by atoms with Crippen molar-refractivity contribution >= 4 is 32.5 Å². The molecule has 1 saturated heterocycles. The zero-order chi connectivity index (χ0) is 24.8. The largest absolute Gasteiger partial charge is 0.492 e. The molecule has 5 rings (SSSR count). The molecule has 3 aromatic rings. The summed E-state index contributed by atoms with van der Waals surface area (Å²) in [7, 11) is -1.38. The summed E-state index contributed by atoms with van der Waals surface area (Å²) in [4.78, 5) is 20.1. The third kappa shape index (κ3) is 4.97. The first-order chi connectivity index (χ1) is 16.6.